The fourth-order valence-electron chi connectivity index (χ4n) is 0.901. The van der Waals surface area contributed by atoms with Crippen molar-refractivity contribution >= 4 is 17.4 Å². The third kappa shape index (κ3) is 3.07. The number of ketones is 1. The summed E-state index contributed by atoms with van der Waals surface area (Å²) in [7, 11) is 0. The van der Waals surface area contributed by atoms with Crippen molar-refractivity contribution in [3.63, 3.8) is 0 Å². The SMILES string of the molecule is CC(=O)COc1cc(C)ccc1Cl. The number of hydrogen-bond acceptors (Lipinski definition) is 2. The minimum Gasteiger partial charge on any atom is -0.484 e. The molecule has 70 valence electrons. The van der Waals surface area contributed by atoms with E-state index in [0.29, 0.717) is 10.8 Å². The van der Waals surface area contributed by atoms with Crippen LogP contribution in [0.1, 0.15) is 12.5 Å². The van der Waals surface area contributed by atoms with Crippen LogP contribution in [-0.2, 0) is 4.79 Å². The summed E-state index contributed by atoms with van der Waals surface area (Å²) in [4.78, 5) is 10.6. The second-order valence-corrected chi connectivity index (χ2v) is 3.33. The van der Waals surface area contributed by atoms with Crippen LogP contribution in [-0.4, -0.2) is 12.4 Å². The Hall–Kier alpha value is -1.02. The van der Waals surface area contributed by atoms with Gasteiger partial charge in [0, 0.05) is 0 Å². The lowest BCUT2D eigenvalue weighted by molar-refractivity contribution is -0.118. The van der Waals surface area contributed by atoms with E-state index in [1.807, 2.05) is 19.1 Å². The summed E-state index contributed by atoms with van der Waals surface area (Å²) in [6.45, 7) is 3.49. The average molecular weight is 199 g/mol. The van der Waals surface area contributed by atoms with Gasteiger partial charge in [0.15, 0.2) is 5.78 Å². The summed E-state index contributed by atoms with van der Waals surface area (Å²) in [5, 5.41) is 0.534. The predicted octanol–water partition coefficient (Wildman–Crippen LogP) is 2.62. The first kappa shape index (κ1) is 10.1. The molecule has 0 saturated heterocycles. The molecule has 13 heavy (non-hydrogen) atoms. The average Bonchev–Trinajstić information content (AvgIpc) is 2.06. The van der Waals surface area contributed by atoms with E-state index in [1.165, 1.54) is 6.92 Å². The Kier molecular flexibility index (Phi) is 3.32. The molecular weight excluding hydrogens is 188 g/mol. The van der Waals surface area contributed by atoms with E-state index in [1.54, 1.807) is 6.07 Å². The molecule has 0 bridgehead atoms. The molecule has 2 nitrogen and oxygen atoms in total. The van der Waals surface area contributed by atoms with Gasteiger partial charge in [0.05, 0.1) is 5.02 Å². The molecule has 0 aliphatic carbocycles. The lowest BCUT2D eigenvalue weighted by atomic mass is 10.2. The topological polar surface area (TPSA) is 26.3 Å². The fourth-order valence-corrected chi connectivity index (χ4v) is 1.07. The number of benzene rings is 1. The number of rotatable bonds is 3. The molecule has 0 unspecified atom stereocenters. The van der Waals surface area contributed by atoms with Crippen LogP contribution in [0.15, 0.2) is 18.2 Å². The van der Waals surface area contributed by atoms with Crippen LogP contribution in [0.5, 0.6) is 5.75 Å². The Labute approximate surface area is 82.5 Å². The van der Waals surface area contributed by atoms with Crippen molar-refractivity contribution in [1.82, 2.24) is 0 Å². The summed E-state index contributed by atoms with van der Waals surface area (Å²) >= 11 is 5.84. The fraction of sp³-hybridized carbons (Fsp3) is 0.300. The molecule has 0 aliphatic rings. The molecular formula is C10H11ClO2. The maximum absolute atomic E-state index is 10.6. The van der Waals surface area contributed by atoms with Gasteiger partial charge in [-0.2, -0.15) is 0 Å². The van der Waals surface area contributed by atoms with Gasteiger partial charge in [-0.15, -0.1) is 0 Å². The summed E-state index contributed by atoms with van der Waals surface area (Å²) < 4.78 is 5.20. The van der Waals surface area contributed by atoms with Crippen LogP contribution < -0.4 is 4.74 Å². The normalized spacial score (nSPS) is 9.77. The predicted molar refractivity (Wildman–Crippen MR) is 52.4 cm³/mol. The van der Waals surface area contributed by atoms with Crippen molar-refractivity contribution in [3.8, 4) is 5.75 Å². The molecule has 0 fully saturated rings. The Balaban J connectivity index is 2.75. The molecule has 0 aromatic heterocycles. The second kappa shape index (κ2) is 4.28. The maximum Gasteiger partial charge on any atom is 0.167 e. The second-order valence-electron chi connectivity index (χ2n) is 2.92. The highest BCUT2D eigenvalue weighted by atomic mass is 35.5. The van der Waals surface area contributed by atoms with E-state index >= 15 is 0 Å². The van der Waals surface area contributed by atoms with Gasteiger partial charge in [0.1, 0.15) is 12.4 Å². The Morgan fingerprint density at radius 2 is 2.23 bits per heavy atom. The van der Waals surface area contributed by atoms with Crippen LogP contribution in [0.3, 0.4) is 0 Å². The van der Waals surface area contributed by atoms with Crippen molar-refractivity contribution < 1.29 is 9.53 Å². The molecule has 0 spiro atoms. The van der Waals surface area contributed by atoms with Gasteiger partial charge < -0.3 is 4.74 Å². The standard InChI is InChI=1S/C10H11ClO2/c1-7-3-4-9(11)10(5-7)13-6-8(2)12/h3-5H,6H2,1-2H3. The van der Waals surface area contributed by atoms with Gasteiger partial charge in [-0.1, -0.05) is 17.7 Å². The highest BCUT2D eigenvalue weighted by molar-refractivity contribution is 6.32. The minimum absolute atomic E-state index is 0.0161. The van der Waals surface area contributed by atoms with Gasteiger partial charge >= 0.3 is 0 Å². The molecule has 1 rings (SSSR count). The highest BCUT2D eigenvalue weighted by Gasteiger charge is 2.02. The highest BCUT2D eigenvalue weighted by Crippen LogP contribution is 2.24. The zero-order chi connectivity index (χ0) is 9.84. The lowest BCUT2D eigenvalue weighted by Gasteiger charge is -2.06. The van der Waals surface area contributed by atoms with Crippen molar-refractivity contribution in [2.45, 2.75) is 13.8 Å². The van der Waals surface area contributed by atoms with E-state index in [9.17, 15) is 4.79 Å². The summed E-state index contributed by atoms with van der Waals surface area (Å²) in [6, 6.07) is 5.46. The monoisotopic (exact) mass is 198 g/mol. The first-order chi connectivity index (χ1) is 6.09. The number of hydrogen-bond donors (Lipinski definition) is 0. The number of halogens is 1. The molecule has 0 atom stereocenters. The maximum atomic E-state index is 10.6. The van der Waals surface area contributed by atoms with Gasteiger partial charge in [0.25, 0.3) is 0 Å². The molecule has 0 N–H and O–H groups in total. The van der Waals surface area contributed by atoms with Crippen LogP contribution in [0.2, 0.25) is 5.02 Å². The number of aryl methyl sites for hydroxylation is 1. The van der Waals surface area contributed by atoms with Gasteiger partial charge in [-0.25, -0.2) is 0 Å². The first-order valence-corrected chi connectivity index (χ1v) is 4.36. The zero-order valence-electron chi connectivity index (χ0n) is 7.63. The lowest BCUT2D eigenvalue weighted by Crippen LogP contribution is -2.06. The van der Waals surface area contributed by atoms with Crippen molar-refractivity contribution in [2.24, 2.45) is 0 Å². The minimum atomic E-state index is -0.0161. The third-order valence-corrected chi connectivity index (χ3v) is 1.83. The third-order valence-electron chi connectivity index (χ3n) is 1.52. The van der Waals surface area contributed by atoms with E-state index < -0.39 is 0 Å². The Bertz CT molecular complexity index is 321. The smallest absolute Gasteiger partial charge is 0.167 e. The molecule has 3 heteroatoms. The Morgan fingerprint density at radius 3 is 2.85 bits per heavy atom. The number of carbonyl (C=O) groups is 1. The van der Waals surface area contributed by atoms with E-state index in [-0.39, 0.29) is 12.4 Å². The van der Waals surface area contributed by atoms with Gasteiger partial charge in [0.2, 0.25) is 0 Å². The Morgan fingerprint density at radius 1 is 1.54 bits per heavy atom. The molecule has 1 aromatic carbocycles. The summed E-state index contributed by atoms with van der Waals surface area (Å²) in [6.07, 6.45) is 0. The summed E-state index contributed by atoms with van der Waals surface area (Å²) in [5.74, 6) is 0.550. The molecule has 0 aliphatic heterocycles. The number of carbonyl (C=O) groups excluding carboxylic acids is 1. The molecule has 0 radical (unpaired) electrons. The molecule has 1 aromatic rings. The quantitative estimate of drug-likeness (QED) is 0.747. The number of ether oxygens (including phenoxy) is 1. The van der Waals surface area contributed by atoms with Crippen molar-refractivity contribution in [3.05, 3.63) is 28.8 Å². The van der Waals surface area contributed by atoms with Crippen LogP contribution >= 0.6 is 11.6 Å². The van der Waals surface area contributed by atoms with Crippen LogP contribution in [0, 0.1) is 6.92 Å². The number of Topliss-reactive ketones (excluding diaryl/α,β-unsaturated/α-hetero) is 1. The van der Waals surface area contributed by atoms with E-state index in [2.05, 4.69) is 0 Å². The van der Waals surface area contributed by atoms with Gasteiger partial charge in [-0.05, 0) is 31.5 Å². The molecule has 0 heterocycles. The first-order valence-electron chi connectivity index (χ1n) is 3.98. The summed E-state index contributed by atoms with van der Waals surface area (Å²) in [5.41, 5.74) is 1.06. The van der Waals surface area contributed by atoms with Crippen molar-refractivity contribution in [2.75, 3.05) is 6.61 Å². The van der Waals surface area contributed by atoms with Crippen LogP contribution in [0.25, 0.3) is 0 Å². The van der Waals surface area contributed by atoms with Crippen LogP contribution in [0.4, 0.5) is 0 Å². The van der Waals surface area contributed by atoms with E-state index in [0.717, 1.165) is 5.56 Å². The van der Waals surface area contributed by atoms with Crippen molar-refractivity contribution in [1.29, 1.82) is 0 Å². The van der Waals surface area contributed by atoms with E-state index in [4.69, 9.17) is 16.3 Å². The zero-order valence-corrected chi connectivity index (χ0v) is 8.39. The molecule has 0 amide bonds. The molecule has 0 saturated carbocycles. The largest absolute Gasteiger partial charge is 0.484 e. The van der Waals surface area contributed by atoms with Gasteiger partial charge in [-0.3, -0.25) is 4.79 Å².